The molecule has 1 unspecified atom stereocenters. The summed E-state index contributed by atoms with van der Waals surface area (Å²) in [5.74, 6) is 0.901. The molecule has 0 radical (unpaired) electrons. The first-order valence-corrected chi connectivity index (χ1v) is 4.18. The van der Waals surface area contributed by atoms with Gasteiger partial charge in [-0.1, -0.05) is 0 Å². The van der Waals surface area contributed by atoms with Crippen LogP contribution in [0.15, 0.2) is 0 Å². The molecule has 1 amide bonds. The molecule has 0 fully saturated rings. The third-order valence-electron chi connectivity index (χ3n) is 1.62. The van der Waals surface area contributed by atoms with E-state index in [0.717, 1.165) is 0 Å². The molecule has 74 valence electrons. The summed E-state index contributed by atoms with van der Waals surface area (Å²) in [6, 6.07) is 1.49. The second kappa shape index (κ2) is 4.37. The molecular weight excluding hydrogens is 182 g/mol. The zero-order valence-electron chi connectivity index (χ0n) is 8.03. The standard InChI is InChI=1S/C8H11N5O/c1-5(10-7(14)3-4-9)8-11-6(2)12-13-8/h5H,3H2,1-2H3,(H,10,14)(H,11,12,13). The highest BCUT2D eigenvalue weighted by Gasteiger charge is 2.12. The number of nitriles is 1. The van der Waals surface area contributed by atoms with E-state index in [2.05, 4.69) is 20.5 Å². The van der Waals surface area contributed by atoms with Gasteiger partial charge in [0.25, 0.3) is 0 Å². The van der Waals surface area contributed by atoms with Crippen LogP contribution in [0.2, 0.25) is 0 Å². The minimum absolute atomic E-state index is 0.145. The van der Waals surface area contributed by atoms with Crippen LogP contribution in [0.3, 0.4) is 0 Å². The number of aryl methyl sites for hydroxylation is 1. The van der Waals surface area contributed by atoms with E-state index in [1.807, 2.05) is 0 Å². The minimum atomic E-state index is -0.317. The van der Waals surface area contributed by atoms with E-state index in [9.17, 15) is 4.79 Å². The lowest BCUT2D eigenvalue weighted by Gasteiger charge is -2.07. The van der Waals surface area contributed by atoms with Gasteiger partial charge >= 0.3 is 0 Å². The molecule has 1 aromatic heterocycles. The number of carbonyl (C=O) groups is 1. The molecule has 1 aromatic rings. The average molecular weight is 193 g/mol. The molecule has 0 aliphatic rings. The number of H-pyrrole nitrogens is 1. The van der Waals surface area contributed by atoms with Gasteiger partial charge in [0.05, 0.1) is 12.1 Å². The van der Waals surface area contributed by atoms with Gasteiger partial charge in [0.15, 0.2) is 5.82 Å². The topological polar surface area (TPSA) is 94.5 Å². The van der Waals surface area contributed by atoms with Crippen LogP contribution in [0.25, 0.3) is 0 Å². The number of nitrogens with one attached hydrogen (secondary N) is 2. The molecule has 0 spiro atoms. The van der Waals surface area contributed by atoms with Crippen molar-refractivity contribution in [2.24, 2.45) is 0 Å². The maximum atomic E-state index is 11.0. The van der Waals surface area contributed by atoms with Crippen molar-refractivity contribution in [2.45, 2.75) is 26.3 Å². The van der Waals surface area contributed by atoms with Crippen molar-refractivity contribution in [1.29, 1.82) is 5.26 Å². The predicted octanol–water partition coefficient (Wildman–Crippen LogP) is 0.204. The lowest BCUT2D eigenvalue weighted by Crippen LogP contribution is -2.26. The average Bonchev–Trinajstić information content (AvgIpc) is 2.52. The summed E-state index contributed by atoms with van der Waals surface area (Å²) < 4.78 is 0. The van der Waals surface area contributed by atoms with Crippen molar-refractivity contribution >= 4 is 5.91 Å². The van der Waals surface area contributed by atoms with Gasteiger partial charge < -0.3 is 5.32 Å². The van der Waals surface area contributed by atoms with E-state index in [1.165, 1.54) is 0 Å². The molecule has 2 N–H and O–H groups in total. The van der Waals surface area contributed by atoms with E-state index < -0.39 is 0 Å². The van der Waals surface area contributed by atoms with Crippen molar-refractivity contribution in [2.75, 3.05) is 0 Å². The predicted molar refractivity (Wildman–Crippen MR) is 47.9 cm³/mol. The van der Waals surface area contributed by atoms with Gasteiger partial charge in [-0.05, 0) is 13.8 Å². The zero-order chi connectivity index (χ0) is 10.6. The van der Waals surface area contributed by atoms with Crippen molar-refractivity contribution in [3.63, 3.8) is 0 Å². The smallest absolute Gasteiger partial charge is 0.234 e. The molecule has 0 saturated carbocycles. The van der Waals surface area contributed by atoms with Gasteiger partial charge in [0.1, 0.15) is 12.2 Å². The maximum Gasteiger partial charge on any atom is 0.234 e. The van der Waals surface area contributed by atoms with E-state index in [0.29, 0.717) is 11.6 Å². The number of carbonyl (C=O) groups excluding carboxylic acids is 1. The van der Waals surface area contributed by atoms with Crippen LogP contribution in [0.1, 0.15) is 31.0 Å². The monoisotopic (exact) mass is 193 g/mol. The molecule has 6 heteroatoms. The Hall–Kier alpha value is -1.90. The molecule has 0 saturated heterocycles. The Kier molecular flexibility index (Phi) is 3.18. The van der Waals surface area contributed by atoms with Gasteiger partial charge in [-0.2, -0.15) is 10.4 Å². The Bertz CT molecular complexity index is 364. The Labute approximate surface area is 81.3 Å². The molecule has 0 aliphatic carbocycles. The van der Waals surface area contributed by atoms with E-state index >= 15 is 0 Å². The summed E-state index contributed by atoms with van der Waals surface area (Å²) in [5.41, 5.74) is 0. The summed E-state index contributed by atoms with van der Waals surface area (Å²) in [4.78, 5) is 15.1. The van der Waals surface area contributed by atoms with Gasteiger partial charge in [0, 0.05) is 0 Å². The fraction of sp³-hybridized carbons (Fsp3) is 0.500. The third-order valence-corrected chi connectivity index (χ3v) is 1.62. The zero-order valence-corrected chi connectivity index (χ0v) is 8.03. The van der Waals surface area contributed by atoms with Crippen LogP contribution in [0.4, 0.5) is 0 Å². The molecule has 0 aromatic carbocycles. The van der Waals surface area contributed by atoms with Crippen molar-refractivity contribution in [1.82, 2.24) is 20.5 Å². The highest BCUT2D eigenvalue weighted by Crippen LogP contribution is 2.05. The first-order valence-electron chi connectivity index (χ1n) is 4.18. The van der Waals surface area contributed by atoms with Crippen LogP contribution in [0, 0.1) is 18.3 Å². The highest BCUT2D eigenvalue weighted by atomic mass is 16.1. The first kappa shape index (κ1) is 10.2. The maximum absolute atomic E-state index is 11.0. The van der Waals surface area contributed by atoms with E-state index in [-0.39, 0.29) is 18.4 Å². The van der Waals surface area contributed by atoms with Gasteiger partial charge in [-0.25, -0.2) is 4.98 Å². The summed E-state index contributed by atoms with van der Waals surface area (Å²) in [7, 11) is 0. The Balaban J connectivity index is 2.55. The molecule has 1 rings (SSSR count). The number of rotatable bonds is 3. The number of hydrogen-bond donors (Lipinski definition) is 2. The molecule has 1 heterocycles. The summed E-state index contributed by atoms with van der Waals surface area (Å²) in [6.07, 6.45) is -0.145. The highest BCUT2D eigenvalue weighted by molar-refractivity contribution is 5.78. The summed E-state index contributed by atoms with van der Waals surface area (Å²) in [5, 5.41) is 17.5. The second-order valence-corrected chi connectivity index (χ2v) is 2.90. The van der Waals surface area contributed by atoms with Crippen LogP contribution >= 0.6 is 0 Å². The fourth-order valence-electron chi connectivity index (χ4n) is 0.983. The molecule has 6 nitrogen and oxygen atoms in total. The number of amides is 1. The lowest BCUT2D eigenvalue weighted by molar-refractivity contribution is -0.120. The van der Waals surface area contributed by atoms with Gasteiger partial charge in [-0.15, -0.1) is 0 Å². The van der Waals surface area contributed by atoms with Gasteiger partial charge in [-0.3, -0.25) is 9.89 Å². The fourth-order valence-corrected chi connectivity index (χ4v) is 0.983. The van der Waals surface area contributed by atoms with Crippen molar-refractivity contribution in [3.05, 3.63) is 11.6 Å². The number of nitrogens with zero attached hydrogens (tertiary/aromatic N) is 3. The Morgan fingerprint density at radius 2 is 2.50 bits per heavy atom. The third kappa shape index (κ3) is 2.55. The quantitative estimate of drug-likeness (QED) is 0.717. The normalized spacial score (nSPS) is 11.8. The van der Waals surface area contributed by atoms with Crippen LogP contribution in [-0.2, 0) is 4.79 Å². The lowest BCUT2D eigenvalue weighted by atomic mass is 10.3. The molecular formula is C8H11N5O. The Morgan fingerprint density at radius 3 is 3.00 bits per heavy atom. The van der Waals surface area contributed by atoms with Crippen LogP contribution in [0.5, 0.6) is 0 Å². The second-order valence-electron chi connectivity index (χ2n) is 2.90. The van der Waals surface area contributed by atoms with Crippen LogP contribution < -0.4 is 5.32 Å². The largest absolute Gasteiger partial charge is 0.345 e. The molecule has 0 bridgehead atoms. The number of aromatic amines is 1. The summed E-state index contributed by atoms with van der Waals surface area (Å²) >= 11 is 0. The molecule has 14 heavy (non-hydrogen) atoms. The van der Waals surface area contributed by atoms with Crippen LogP contribution in [-0.4, -0.2) is 21.1 Å². The molecule has 1 atom stereocenters. The Morgan fingerprint density at radius 1 is 1.79 bits per heavy atom. The van der Waals surface area contributed by atoms with E-state index in [1.54, 1.807) is 19.9 Å². The van der Waals surface area contributed by atoms with E-state index in [4.69, 9.17) is 5.26 Å². The minimum Gasteiger partial charge on any atom is -0.345 e. The molecule has 0 aliphatic heterocycles. The number of hydrogen-bond acceptors (Lipinski definition) is 4. The SMILES string of the molecule is Cc1nc(C(C)NC(=O)CC#N)n[nH]1. The van der Waals surface area contributed by atoms with Crippen molar-refractivity contribution < 1.29 is 4.79 Å². The number of aromatic nitrogens is 3. The van der Waals surface area contributed by atoms with Gasteiger partial charge in [0.2, 0.25) is 5.91 Å². The van der Waals surface area contributed by atoms with Crippen molar-refractivity contribution in [3.8, 4) is 6.07 Å². The first-order chi connectivity index (χ1) is 6.63. The summed E-state index contributed by atoms with van der Waals surface area (Å²) in [6.45, 7) is 3.54.